The third-order valence-corrected chi connectivity index (χ3v) is 3.88. The van der Waals surface area contributed by atoms with Gasteiger partial charge in [-0.05, 0) is 81.0 Å². The molecule has 1 heterocycles. The molecule has 3 N–H and O–H groups in total. The van der Waals surface area contributed by atoms with Gasteiger partial charge in [0, 0.05) is 38.1 Å². The molecule has 4 nitrogen and oxygen atoms in total. The Labute approximate surface area is 167 Å². The molecule has 122 valence electrons. The number of fused-ring (bicyclic) bond motifs is 1. The van der Waals surface area contributed by atoms with Crippen LogP contribution in [-0.2, 0) is 4.79 Å². The number of carbonyl (C=O) groups is 1. The van der Waals surface area contributed by atoms with Gasteiger partial charge in [-0.15, -0.1) is 0 Å². The van der Waals surface area contributed by atoms with Crippen molar-refractivity contribution in [2.24, 2.45) is 28.8 Å². The van der Waals surface area contributed by atoms with Crippen LogP contribution in [-0.4, -0.2) is 41.0 Å². The molecule has 0 spiro atoms. The van der Waals surface area contributed by atoms with E-state index in [1.807, 2.05) is 0 Å². The first-order chi connectivity index (χ1) is 20.3. The van der Waals surface area contributed by atoms with Gasteiger partial charge in [-0.25, -0.2) is 0 Å². The van der Waals surface area contributed by atoms with Gasteiger partial charge >= 0.3 is 0 Å². The summed E-state index contributed by atoms with van der Waals surface area (Å²) < 4.78 is 217. The van der Waals surface area contributed by atoms with Crippen molar-refractivity contribution in [2.75, 3.05) is 0 Å². The molecule has 0 aromatic heterocycles. The minimum atomic E-state index is -4.94. The lowest BCUT2D eigenvalue weighted by molar-refractivity contribution is -0.177. The van der Waals surface area contributed by atoms with E-state index >= 15 is 0 Å². The summed E-state index contributed by atoms with van der Waals surface area (Å²) in [4.78, 5) is 14.2. The number of likely N-dealkylation sites (tertiary alicyclic amines) is 1. The van der Waals surface area contributed by atoms with Crippen LogP contribution in [0.5, 0.6) is 0 Å². The van der Waals surface area contributed by atoms with E-state index in [2.05, 4.69) is 5.11 Å². The average Bonchev–Trinajstić information content (AvgIpc) is 3.19. The van der Waals surface area contributed by atoms with Crippen LogP contribution in [0, 0.1) is 23.1 Å². The van der Waals surface area contributed by atoms with Crippen LogP contribution in [0.25, 0.3) is 0 Å². The lowest BCUT2D eigenvalue weighted by Crippen LogP contribution is -2.64. The topological polar surface area (TPSA) is 66.6 Å². The third-order valence-electron chi connectivity index (χ3n) is 3.88. The predicted molar refractivity (Wildman–Crippen MR) is 82.9 cm³/mol. The second-order valence-corrected chi connectivity index (χ2v) is 5.48. The third kappa shape index (κ3) is 1.74. The molecule has 0 aromatic rings. The van der Waals surface area contributed by atoms with Gasteiger partial charge in [0.05, 0.1) is 15.7 Å². The Bertz CT molecular complexity index is 1450. The SMILES string of the molecule is [2H]OC12C([2H])([2H])C3([2H])C([2H])([2H])C([2H])(C1([2H])[2H])C([2H])([2H])C([C@@]([2H])(C(=O)N1[C@]([2H])(C)C([2H])([2H])[C@]4([2H])C([2H])([2H])[C@]14[2H])N([2H])[2H])(C3([2H])[2H])C2([2H])[2H]. The fourth-order valence-electron chi connectivity index (χ4n) is 2.94. The Hall–Kier alpha value is -0.610. The zero-order valence-corrected chi connectivity index (χ0v) is 11.2. The number of amides is 1. The van der Waals surface area contributed by atoms with E-state index < -0.39 is 114 Å². The van der Waals surface area contributed by atoms with E-state index in [-0.39, 0.29) is 0 Å². The minimum Gasteiger partial charge on any atom is -0.390 e. The number of nitrogens with two attached hydrogens (primary N) is 1. The van der Waals surface area contributed by atoms with Gasteiger partial charge in [-0.2, -0.15) is 0 Å². The lowest BCUT2D eigenvalue weighted by Gasteiger charge is -2.61. The van der Waals surface area contributed by atoms with Gasteiger partial charge < -0.3 is 15.7 Å². The van der Waals surface area contributed by atoms with Crippen LogP contribution in [0.2, 0.25) is 2.82 Å². The summed E-state index contributed by atoms with van der Waals surface area (Å²) in [5.41, 5.74) is -10.7. The van der Waals surface area contributed by atoms with Gasteiger partial charge in [0.25, 0.3) is 0 Å². The van der Waals surface area contributed by atoms with E-state index in [1.165, 1.54) is 0 Å². The first-order valence-electron chi connectivity index (χ1n) is 18.9. The van der Waals surface area contributed by atoms with Crippen molar-refractivity contribution in [3.63, 3.8) is 0 Å². The highest BCUT2D eigenvalue weighted by molar-refractivity contribution is 5.84. The summed E-state index contributed by atoms with van der Waals surface area (Å²) in [6.07, 6.45) is -34.9. The van der Waals surface area contributed by atoms with E-state index in [9.17, 15) is 6.17 Å². The number of nitrogens with zero attached hydrogens (tertiary/aromatic N) is 1. The molecule has 5 saturated carbocycles. The van der Waals surface area contributed by atoms with Gasteiger partial charge in [0.15, 0.2) is 0 Å². The summed E-state index contributed by atoms with van der Waals surface area (Å²) in [7, 11) is 0. The van der Waals surface area contributed by atoms with Crippen molar-refractivity contribution in [1.82, 2.24) is 4.90 Å². The zero-order valence-electron chi connectivity index (χ0n) is 36.2. The Morgan fingerprint density at radius 1 is 1.45 bits per heavy atom. The van der Waals surface area contributed by atoms with Crippen LogP contribution in [0.15, 0.2) is 0 Å². The monoisotopic (exact) mass is 329 g/mol. The van der Waals surface area contributed by atoms with Crippen LogP contribution >= 0.6 is 0 Å². The maximum absolute atomic E-state index is 14.8. The molecular weight excluding hydrogens is 276 g/mol. The molecule has 1 amide bonds. The van der Waals surface area contributed by atoms with Crippen LogP contribution in [0.3, 0.4) is 0 Å². The molecule has 0 radical (unpaired) electrons. The summed E-state index contributed by atoms with van der Waals surface area (Å²) in [5.74, 6) is -15.2. The number of rotatable bonds is 4. The minimum absolute atomic E-state index is 0.470. The van der Waals surface area contributed by atoms with Crippen molar-refractivity contribution < 1.29 is 42.9 Å². The van der Waals surface area contributed by atoms with Gasteiger partial charge in [-0.1, -0.05) is 0 Å². The summed E-state index contributed by atoms with van der Waals surface area (Å²) in [6, 6.07) is -11.9. The van der Waals surface area contributed by atoms with Crippen LogP contribution in [0.1, 0.15) is 88.1 Å². The molecule has 6 atom stereocenters. The van der Waals surface area contributed by atoms with Gasteiger partial charge in [-0.3, -0.25) is 4.79 Å². The second-order valence-electron chi connectivity index (χ2n) is 5.48. The first-order valence-corrected chi connectivity index (χ1v) is 6.55. The fraction of sp³-hybridized carbons (Fsp3) is 0.944. The molecule has 22 heavy (non-hydrogen) atoms. The fourth-order valence-corrected chi connectivity index (χ4v) is 2.94. The van der Waals surface area contributed by atoms with E-state index in [0.717, 1.165) is 0 Å². The van der Waals surface area contributed by atoms with Gasteiger partial charge in [0.1, 0.15) is 2.82 Å². The molecule has 6 rings (SSSR count). The summed E-state index contributed by atoms with van der Waals surface area (Å²) in [5, 5.41) is 4.30. The Morgan fingerprint density at radius 2 is 2.23 bits per heavy atom. The van der Waals surface area contributed by atoms with Crippen LogP contribution < -0.4 is 5.72 Å². The van der Waals surface area contributed by atoms with Crippen molar-refractivity contribution >= 4 is 5.91 Å². The van der Waals surface area contributed by atoms with Gasteiger partial charge in [0.2, 0.25) is 7.34 Å². The molecule has 2 unspecified atom stereocenters. The van der Waals surface area contributed by atoms with E-state index in [0.29, 0.717) is 6.92 Å². The Balaban J connectivity index is 2.05. The normalized spacial score (nSPS) is 109. The second kappa shape index (κ2) is 4.07. The molecule has 6 aliphatic rings. The summed E-state index contributed by atoms with van der Waals surface area (Å²) in [6.45, 7) is 0.470. The number of carbonyl (C=O) groups excluding carboxylic acids is 1. The highest BCUT2D eigenvalue weighted by atomic mass is 16.3. The predicted octanol–water partition coefficient (Wildman–Crippen LogP) is 1.65. The molecule has 6 fully saturated rings. The molecule has 1 aliphatic heterocycles. The Kier molecular flexibility index (Phi) is 0.648. The smallest absolute Gasteiger partial charge is 0.240 e. The van der Waals surface area contributed by atoms with Crippen molar-refractivity contribution in [3.8, 4) is 0 Å². The highest BCUT2D eigenvalue weighted by Crippen LogP contribution is 2.63. The van der Waals surface area contributed by atoms with Crippen molar-refractivity contribution in [2.45, 2.75) is 81.6 Å². The van der Waals surface area contributed by atoms with Crippen LogP contribution in [0.4, 0.5) is 0 Å². The molecule has 1 saturated heterocycles. The number of aliphatic hydroxyl groups is 1. The summed E-state index contributed by atoms with van der Waals surface area (Å²) >= 11 is 0. The molecule has 5 aliphatic carbocycles. The number of piperidine rings is 1. The number of hydrogen-bond acceptors (Lipinski definition) is 3. The molecule has 4 bridgehead atoms. The average molecular weight is 330 g/mol. The molecular formula is C18H28N2O2. The maximum atomic E-state index is 14.8. The van der Waals surface area contributed by atoms with Crippen molar-refractivity contribution in [3.05, 3.63) is 0 Å². The largest absolute Gasteiger partial charge is 0.390 e. The maximum Gasteiger partial charge on any atom is 0.240 e. The van der Waals surface area contributed by atoms with E-state index in [1.54, 1.807) is 0 Å². The lowest BCUT2D eigenvalue weighted by atomic mass is 9.46. The standard InChI is InChI=1S/C18H28N2O2/c1-10-2-13-4-14(13)20(10)16(21)15(19)17-5-11-3-12(6-17)8-18(22,7-11)9-17/h10-15,22H,2-9,19H2,1H3/t10-,11?,12?,13-,14+,15-,17?,18?/m1/s1/i2D2,3D2,4D2,5D2,6D2,7D2,8D2,9D2,10D,11D,12D,13D,14D,15D,22D/hD2. The highest BCUT2D eigenvalue weighted by Gasteiger charge is 2.62. The zero-order chi connectivity index (χ0) is 37.4. The molecule has 0 aromatic carbocycles. The Morgan fingerprint density at radius 3 is 2.86 bits per heavy atom. The van der Waals surface area contributed by atoms with Crippen molar-refractivity contribution in [1.29, 1.82) is 1.43 Å². The first kappa shape index (κ1) is 3.50. The number of hydrogen-bond donors (Lipinski definition) is 2. The quantitative estimate of drug-likeness (QED) is 0.824. The van der Waals surface area contributed by atoms with E-state index in [4.69, 9.17) is 33.0 Å². The molecule has 4 heteroatoms.